The number of carbonyl (C=O) groups is 1. The first kappa shape index (κ1) is 17.7. The van der Waals surface area contributed by atoms with Crippen LogP contribution in [-0.2, 0) is 11.2 Å². The summed E-state index contributed by atoms with van der Waals surface area (Å²) in [5.41, 5.74) is 2.00. The zero-order valence-electron chi connectivity index (χ0n) is 15.5. The molecule has 1 atom stereocenters. The second-order valence-corrected chi connectivity index (χ2v) is 8.00. The molecule has 1 amide bonds. The van der Waals surface area contributed by atoms with Crippen molar-refractivity contribution in [3.8, 4) is 11.5 Å². The van der Waals surface area contributed by atoms with Gasteiger partial charge in [0.1, 0.15) is 0 Å². The van der Waals surface area contributed by atoms with Gasteiger partial charge in [0.2, 0.25) is 5.91 Å². The van der Waals surface area contributed by atoms with Crippen molar-refractivity contribution in [1.82, 2.24) is 15.0 Å². The average Bonchev–Trinajstić information content (AvgIpc) is 3.41. The Labute approximate surface area is 162 Å². The standard InChI is InChI=1S/C20H22N4O2S/c1-23(2)16-7-5-14(6-8-16)20-21-19(22-26-20)15-12-18(25)24(13-15)10-9-17-4-3-11-27-17/h3-8,11,15H,9-10,12-13H2,1-2H3. The molecule has 3 heterocycles. The third-order valence-electron chi connectivity index (χ3n) is 4.86. The average molecular weight is 382 g/mol. The predicted molar refractivity (Wildman–Crippen MR) is 106 cm³/mol. The summed E-state index contributed by atoms with van der Waals surface area (Å²) in [6, 6.07) is 12.1. The van der Waals surface area contributed by atoms with E-state index in [4.69, 9.17) is 4.52 Å². The molecule has 0 saturated carbocycles. The van der Waals surface area contributed by atoms with Crippen molar-refractivity contribution >= 4 is 22.9 Å². The zero-order valence-corrected chi connectivity index (χ0v) is 16.3. The van der Waals surface area contributed by atoms with E-state index in [1.54, 1.807) is 11.3 Å². The fourth-order valence-electron chi connectivity index (χ4n) is 3.28. The quantitative estimate of drug-likeness (QED) is 0.654. The molecule has 6 nitrogen and oxygen atoms in total. The fraction of sp³-hybridized carbons (Fsp3) is 0.350. The minimum atomic E-state index is -0.000570. The lowest BCUT2D eigenvalue weighted by Crippen LogP contribution is -2.27. The van der Waals surface area contributed by atoms with E-state index in [-0.39, 0.29) is 11.8 Å². The van der Waals surface area contributed by atoms with Crippen LogP contribution < -0.4 is 4.90 Å². The van der Waals surface area contributed by atoms with Gasteiger partial charge in [-0.05, 0) is 42.1 Å². The summed E-state index contributed by atoms with van der Waals surface area (Å²) in [6.45, 7) is 1.40. The predicted octanol–water partition coefficient (Wildman–Crippen LogP) is 3.42. The van der Waals surface area contributed by atoms with Crippen molar-refractivity contribution in [2.24, 2.45) is 0 Å². The van der Waals surface area contributed by atoms with E-state index in [2.05, 4.69) is 21.6 Å². The fourth-order valence-corrected chi connectivity index (χ4v) is 3.98. The van der Waals surface area contributed by atoms with E-state index in [0.717, 1.165) is 24.2 Å². The smallest absolute Gasteiger partial charge is 0.257 e. The molecule has 0 bridgehead atoms. The van der Waals surface area contributed by atoms with Crippen LogP contribution in [0, 0.1) is 0 Å². The number of rotatable bonds is 6. The summed E-state index contributed by atoms with van der Waals surface area (Å²) in [6.07, 6.45) is 1.34. The molecule has 3 aromatic rings. The van der Waals surface area contributed by atoms with E-state index < -0.39 is 0 Å². The van der Waals surface area contributed by atoms with Gasteiger partial charge in [0, 0.05) is 55.7 Å². The van der Waals surface area contributed by atoms with Gasteiger partial charge in [-0.2, -0.15) is 4.98 Å². The molecule has 140 valence electrons. The van der Waals surface area contributed by atoms with Gasteiger partial charge < -0.3 is 14.3 Å². The number of thiophene rings is 1. The van der Waals surface area contributed by atoms with Gasteiger partial charge >= 0.3 is 0 Å². The topological polar surface area (TPSA) is 62.5 Å². The maximum atomic E-state index is 12.3. The van der Waals surface area contributed by atoms with E-state index in [9.17, 15) is 4.79 Å². The van der Waals surface area contributed by atoms with Gasteiger partial charge in [-0.15, -0.1) is 11.3 Å². The SMILES string of the molecule is CN(C)c1ccc(-c2nc(C3CC(=O)N(CCc4cccs4)C3)no2)cc1. The first-order valence-corrected chi connectivity index (χ1v) is 9.89. The molecule has 2 aromatic heterocycles. The molecule has 0 radical (unpaired) electrons. The molecule has 1 fully saturated rings. The molecule has 1 saturated heterocycles. The highest BCUT2D eigenvalue weighted by molar-refractivity contribution is 7.09. The number of carbonyl (C=O) groups excluding carboxylic acids is 1. The largest absolute Gasteiger partial charge is 0.378 e. The van der Waals surface area contributed by atoms with Crippen LogP contribution in [0.25, 0.3) is 11.5 Å². The summed E-state index contributed by atoms with van der Waals surface area (Å²) < 4.78 is 5.45. The second-order valence-electron chi connectivity index (χ2n) is 6.97. The number of anilines is 1. The van der Waals surface area contributed by atoms with Crippen molar-refractivity contribution in [2.75, 3.05) is 32.1 Å². The number of likely N-dealkylation sites (tertiary alicyclic amines) is 1. The lowest BCUT2D eigenvalue weighted by molar-refractivity contribution is -0.127. The minimum absolute atomic E-state index is 0.000570. The Bertz CT molecular complexity index is 902. The van der Waals surface area contributed by atoms with Crippen molar-refractivity contribution < 1.29 is 9.32 Å². The summed E-state index contributed by atoms with van der Waals surface area (Å²) in [5.74, 6) is 1.28. The molecule has 7 heteroatoms. The number of amides is 1. The van der Waals surface area contributed by atoms with Gasteiger partial charge in [-0.25, -0.2) is 0 Å². The molecule has 1 aliphatic heterocycles. The second kappa shape index (κ2) is 7.52. The Kier molecular flexibility index (Phi) is 4.94. The van der Waals surface area contributed by atoms with Crippen LogP contribution in [0.3, 0.4) is 0 Å². The number of benzene rings is 1. The molecular weight excluding hydrogens is 360 g/mol. The Balaban J connectivity index is 1.41. The van der Waals surface area contributed by atoms with E-state index in [1.807, 2.05) is 54.2 Å². The Hall–Kier alpha value is -2.67. The molecule has 4 rings (SSSR count). The maximum Gasteiger partial charge on any atom is 0.257 e. The summed E-state index contributed by atoms with van der Waals surface area (Å²) >= 11 is 1.73. The molecular formula is C20H22N4O2S. The van der Waals surface area contributed by atoms with Crippen molar-refractivity contribution in [2.45, 2.75) is 18.8 Å². The van der Waals surface area contributed by atoms with Gasteiger partial charge in [-0.1, -0.05) is 11.2 Å². The zero-order chi connectivity index (χ0) is 18.8. The molecule has 0 N–H and O–H groups in total. The third kappa shape index (κ3) is 3.88. The van der Waals surface area contributed by atoms with Crippen LogP contribution in [0.4, 0.5) is 5.69 Å². The molecule has 1 aromatic carbocycles. The maximum absolute atomic E-state index is 12.3. The monoisotopic (exact) mass is 382 g/mol. The van der Waals surface area contributed by atoms with E-state index in [1.165, 1.54) is 4.88 Å². The van der Waals surface area contributed by atoms with Crippen molar-refractivity contribution in [3.05, 3.63) is 52.5 Å². The number of nitrogens with zero attached hydrogens (tertiary/aromatic N) is 4. The van der Waals surface area contributed by atoms with Crippen LogP contribution in [0.2, 0.25) is 0 Å². The van der Waals surface area contributed by atoms with Crippen LogP contribution in [0.1, 0.15) is 23.0 Å². The first-order valence-electron chi connectivity index (χ1n) is 9.01. The molecule has 0 aliphatic carbocycles. The lowest BCUT2D eigenvalue weighted by atomic mass is 10.1. The molecule has 1 aliphatic rings. The Morgan fingerprint density at radius 3 is 2.78 bits per heavy atom. The van der Waals surface area contributed by atoms with E-state index in [0.29, 0.717) is 24.7 Å². The van der Waals surface area contributed by atoms with Gasteiger partial charge in [0.25, 0.3) is 5.89 Å². The summed E-state index contributed by atoms with van der Waals surface area (Å²) in [5, 5.41) is 6.20. The minimum Gasteiger partial charge on any atom is -0.378 e. The normalized spacial score (nSPS) is 16.9. The highest BCUT2D eigenvalue weighted by Gasteiger charge is 2.33. The highest BCUT2D eigenvalue weighted by atomic mass is 32.1. The molecule has 27 heavy (non-hydrogen) atoms. The molecule has 1 unspecified atom stereocenters. The van der Waals surface area contributed by atoms with Crippen LogP contribution in [-0.4, -0.2) is 48.1 Å². The lowest BCUT2D eigenvalue weighted by Gasteiger charge is -2.15. The van der Waals surface area contributed by atoms with Crippen molar-refractivity contribution in [3.63, 3.8) is 0 Å². The number of hydrogen-bond donors (Lipinski definition) is 0. The Morgan fingerprint density at radius 1 is 1.26 bits per heavy atom. The third-order valence-corrected chi connectivity index (χ3v) is 5.80. The van der Waals surface area contributed by atoms with Crippen molar-refractivity contribution in [1.29, 1.82) is 0 Å². The Morgan fingerprint density at radius 2 is 2.07 bits per heavy atom. The summed E-state index contributed by atoms with van der Waals surface area (Å²) in [4.78, 5) is 22.1. The van der Waals surface area contributed by atoms with E-state index >= 15 is 0 Å². The van der Waals surface area contributed by atoms with Gasteiger partial charge in [0.15, 0.2) is 5.82 Å². The first-order chi connectivity index (χ1) is 13.1. The summed E-state index contributed by atoms with van der Waals surface area (Å²) in [7, 11) is 4.00. The van der Waals surface area contributed by atoms with Gasteiger partial charge in [0.05, 0.1) is 0 Å². The highest BCUT2D eigenvalue weighted by Crippen LogP contribution is 2.29. The van der Waals surface area contributed by atoms with Crippen LogP contribution in [0.5, 0.6) is 0 Å². The number of hydrogen-bond acceptors (Lipinski definition) is 6. The number of aromatic nitrogens is 2. The van der Waals surface area contributed by atoms with Crippen LogP contribution in [0.15, 0.2) is 46.3 Å². The molecule has 0 spiro atoms. The van der Waals surface area contributed by atoms with Crippen LogP contribution >= 0.6 is 11.3 Å². The van der Waals surface area contributed by atoms with Gasteiger partial charge in [-0.3, -0.25) is 4.79 Å².